The zero-order valence-corrected chi connectivity index (χ0v) is 13.6. The number of ether oxygens (including phenoxy) is 3. The quantitative estimate of drug-likeness (QED) is 0.567. The Morgan fingerprint density at radius 2 is 1.78 bits per heavy atom. The highest BCUT2D eigenvalue weighted by Crippen LogP contribution is 2.19. The van der Waals surface area contributed by atoms with Crippen LogP contribution in [-0.4, -0.2) is 59.4 Å². The Kier molecular flexibility index (Phi) is 7.28. The van der Waals surface area contributed by atoms with Crippen molar-refractivity contribution >= 4 is 5.97 Å². The molecule has 0 aromatic heterocycles. The van der Waals surface area contributed by atoms with Crippen LogP contribution in [0.4, 0.5) is 0 Å². The highest BCUT2D eigenvalue weighted by molar-refractivity contribution is 5.79. The Labute approximate surface area is 135 Å². The summed E-state index contributed by atoms with van der Waals surface area (Å²) in [5.74, 6) is 0.270. The second kappa shape index (κ2) is 8.71. The maximum Gasteiger partial charge on any atom is 0.340 e. The predicted molar refractivity (Wildman–Crippen MR) is 82.4 cm³/mol. The third kappa shape index (κ3) is 5.70. The van der Waals surface area contributed by atoms with Crippen molar-refractivity contribution in [2.24, 2.45) is 0 Å². The van der Waals surface area contributed by atoms with Crippen molar-refractivity contribution < 1.29 is 34.3 Å². The Bertz CT molecular complexity index is 484. The Balaban J connectivity index is 2.48. The number of carbonyl (C=O) groups excluding carboxylic acids is 1. The van der Waals surface area contributed by atoms with Crippen molar-refractivity contribution in [1.29, 1.82) is 0 Å². The molecule has 7 nitrogen and oxygen atoms in total. The summed E-state index contributed by atoms with van der Waals surface area (Å²) in [6, 6.07) is 6.78. The van der Waals surface area contributed by atoms with Gasteiger partial charge in [-0.25, -0.2) is 4.79 Å². The summed E-state index contributed by atoms with van der Waals surface area (Å²) in [5.41, 5.74) is -2.09. The van der Waals surface area contributed by atoms with Crippen LogP contribution >= 0.6 is 0 Å². The molecule has 0 aliphatic carbocycles. The Hall–Kier alpha value is -1.83. The molecule has 3 atom stereocenters. The second-order valence-electron chi connectivity index (χ2n) is 5.26. The summed E-state index contributed by atoms with van der Waals surface area (Å²) in [6.45, 7) is 2.73. The van der Waals surface area contributed by atoms with E-state index in [-0.39, 0.29) is 19.6 Å². The zero-order valence-electron chi connectivity index (χ0n) is 13.6. The van der Waals surface area contributed by atoms with E-state index in [1.165, 1.54) is 0 Å². The summed E-state index contributed by atoms with van der Waals surface area (Å²) in [6.07, 6.45) is -2.77. The van der Waals surface area contributed by atoms with Crippen LogP contribution < -0.4 is 9.47 Å². The molecule has 0 aliphatic heterocycles. The van der Waals surface area contributed by atoms with E-state index in [2.05, 4.69) is 4.74 Å². The molecule has 0 fully saturated rings. The molecular weight excluding hydrogens is 304 g/mol. The van der Waals surface area contributed by atoms with Crippen molar-refractivity contribution in [2.75, 3.05) is 20.3 Å². The highest BCUT2D eigenvalue weighted by Gasteiger charge is 2.40. The second-order valence-corrected chi connectivity index (χ2v) is 5.26. The number of aliphatic hydroxyl groups excluding tert-OH is 2. The molecule has 0 spiro atoms. The highest BCUT2D eigenvalue weighted by atomic mass is 16.6. The third-order valence-corrected chi connectivity index (χ3v) is 3.33. The van der Waals surface area contributed by atoms with Gasteiger partial charge in [-0.1, -0.05) is 0 Å². The van der Waals surface area contributed by atoms with E-state index < -0.39 is 23.8 Å². The lowest BCUT2D eigenvalue weighted by Gasteiger charge is -2.28. The fraction of sp³-hybridized carbons (Fsp3) is 0.562. The molecule has 1 rings (SSSR count). The van der Waals surface area contributed by atoms with Gasteiger partial charge in [-0.3, -0.25) is 0 Å². The minimum atomic E-state index is -2.09. The van der Waals surface area contributed by atoms with Gasteiger partial charge in [-0.05, 0) is 38.1 Å². The van der Waals surface area contributed by atoms with Crippen molar-refractivity contribution in [1.82, 2.24) is 0 Å². The van der Waals surface area contributed by atoms with Crippen molar-refractivity contribution in [3.8, 4) is 11.5 Å². The lowest BCUT2D eigenvalue weighted by atomic mass is 9.94. The van der Waals surface area contributed by atoms with Gasteiger partial charge in [0.05, 0.1) is 25.9 Å². The number of rotatable bonds is 9. The smallest absolute Gasteiger partial charge is 0.340 e. The molecule has 23 heavy (non-hydrogen) atoms. The van der Waals surface area contributed by atoms with Crippen LogP contribution in [0.5, 0.6) is 11.5 Å². The minimum Gasteiger partial charge on any atom is -0.497 e. The van der Waals surface area contributed by atoms with Gasteiger partial charge in [0.2, 0.25) is 0 Å². The van der Waals surface area contributed by atoms with Gasteiger partial charge < -0.3 is 29.5 Å². The van der Waals surface area contributed by atoms with Crippen LogP contribution in [-0.2, 0) is 9.53 Å². The number of benzene rings is 1. The minimum absolute atomic E-state index is 0.0881. The number of esters is 1. The Morgan fingerprint density at radius 1 is 1.22 bits per heavy atom. The molecule has 7 heteroatoms. The van der Waals surface area contributed by atoms with Crippen molar-refractivity contribution in [2.45, 2.75) is 38.1 Å². The molecule has 1 aromatic rings. The number of methoxy groups -OCH3 is 1. The fourth-order valence-electron chi connectivity index (χ4n) is 1.83. The maximum absolute atomic E-state index is 11.6. The third-order valence-electron chi connectivity index (χ3n) is 3.33. The molecule has 0 saturated carbocycles. The van der Waals surface area contributed by atoms with Gasteiger partial charge in [-0.15, -0.1) is 0 Å². The molecule has 0 unspecified atom stereocenters. The summed E-state index contributed by atoms with van der Waals surface area (Å²) in [4.78, 5) is 11.6. The Morgan fingerprint density at radius 3 is 2.30 bits per heavy atom. The molecule has 1 aromatic carbocycles. The molecular formula is C16H24O7. The lowest BCUT2D eigenvalue weighted by molar-refractivity contribution is -0.177. The van der Waals surface area contributed by atoms with E-state index in [1.54, 1.807) is 38.3 Å². The first-order valence-electron chi connectivity index (χ1n) is 7.33. The van der Waals surface area contributed by atoms with Crippen LogP contribution in [0.2, 0.25) is 0 Å². The van der Waals surface area contributed by atoms with Crippen molar-refractivity contribution in [3.05, 3.63) is 24.3 Å². The standard InChI is InChI=1S/C16H24O7/c1-4-22-15(19)16(2,20)14(18)9-11(17)10-23-13-7-5-12(21-3)6-8-13/h5-8,11,14,17-18,20H,4,9-10H2,1-3H3/t11-,14-,16+/m1/s1. The predicted octanol–water partition coefficient (Wildman–Crippen LogP) is 0.500. The molecule has 0 heterocycles. The molecule has 0 amide bonds. The zero-order chi connectivity index (χ0) is 17.5. The average molecular weight is 328 g/mol. The van der Waals surface area contributed by atoms with Gasteiger partial charge in [0.15, 0.2) is 5.60 Å². The van der Waals surface area contributed by atoms with Crippen LogP contribution in [0, 0.1) is 0 Å². The number of hydrogen-bond acceptors (Lipinski definition) is 7. The maximum atomic E-state index is 11.6. The number of hydrogen-bond donors (Lipinski definition) is 3. The largest absolute Gasteiger partial charge is 0.497 e. The van der Waals surface area contributed by atoms with Gasteiger partial charge in [-0.2, -0.15) is 0 Å². The van der Waals surface area contributed by atoms with Gasteiger partial charge in [0, 0.05) is 6.42 Å². The summed E-state index contributed by atoms with van der Waals surface area (Å²) in [7, 11) is 1.55. The molecule has 0 radical (unpaired) electrons. The molecule has 0 aliphatic rings. The van der Waals surface area contributed by atoms with E-state index in [9.17, 15) is 20.1 Å². The topological polar surface area (TPSA) is 105 Å². The first kappa shape index (κ1) is 19.2. The normalized spacial score (nSPS) is 16.1. The van der Waals surface area contributed by atoms with Crippen molar-refractivity contribution in [3.63, 3.8) is 0 Å². The van der Waals surface area contributed by atoms with E-state index in [0.29, 0.717) is 11.5 Å². The van der Waals surface area contributed by atoms with E-state index in [0.717, 1.165) is 6.92 Å². The first-order valence-corrected chi connectivity index (χ1v) is 7.33. The lowest BCUT2D eigenvalue weighted by Crippen LogP contribution is -2.49. The number of aliphatic hydroxyl groups is 3. The average Bonchev–Trinajstić information content (AvgIpc) is 2.53. The van der Waals surface area contributed by atoms with Crippen LogP contribution in [0.3, 0.4) is 0 Å². The van der Waals surface area contributed by atoms with Gasteiger partial charge in [0.25, 0.3) is 0 Å². The van der Waals surface area contributed by atoms with Crippen LogP contribution in [0.25, 0.3) is 0 Å². The van der Waals surface area contributed by atoms with Crippen LogP contribution in [0.15, 0.2) is 24.3 Å². The van der Waals surface area contributed by atoms with Gasteiger partial charge in [0.1, 0.15) is 18.1 Å². The molecule has 0 saturated heterocycles. The molecule has 130 valence electrons. The summed E-state index contributed by atoms with van der Waals surface area (Å²) < 4.78 is 15.1. The van der Waals surface area contributed by atoms with E-state index >= 15 is 0 Å². The fourth-order valence-corrected chi connectivity index (χ4v) is 1.83. The number of carbonyl (C=O) groups is 1. The first-order chi connectivity index (χ1) is 10.8. The summed E-state index contributed by atoms with van der Waals surface area (Å²) in [5, 5.41) is 29.8. The monoisotopic (exact) mass is 328 g/mol. The van der Waals surface area contributed by atoms with E-state index in [1.807, 2.05) is 0 Å². The SMILES string of the molecule is CCOC(=O)[C@@](C)(O)[C@H](O)C[C@@H](O)COc1ccc(OC)cc1. The molecule has 3 N–H and O–H groups in total. The van der Waals surface area contributed by atoms with Crippen LogP contribution in [0.1, 0.15) is 20.3 Å². The summed E-state index contributed by atoms with van der Waals surface area (Å²) >= 11 is 0. The van der Waals surface area contributed by atoms with E-state index in [4.69, 9.17) is 9.47 Å². The molecule has 0 bridgehead atoms. The van der Waals surface area contributed by atoms with Gasteiger partial charge >= 0.3 is 5.97 Å².